The zero-order valence-electron chi connectivity index (χ0n) is 9.97. The summed E-state index contributed by atoms with van der Waals surface area (Å²) in [4.78, 5) is 0. The van der Waals surface area contributed by atoms with Crippen molar-refractivity contribution in [2.75, 3.05) is 11.9 Å². The molecule has 0 aromatic heterocycles. The second-order valence-electron chi connectivity index (χ2n) is 5.81. The normalized spacial score (nSPS) is 36.4. The Morgan fingerprint density at radius 1 is 1.40 bits per heavy atom. The molecule has 2 aliphatic rings. The number of hydrogen-bond donors (Lipinski definition) is 0. The van der Waals surface area contributed by atoms with E-state index in [1.807, 2.05) is 0 Å². The molecule has 1 heterocycles. The lowest BCUT2D eigenvalue weighted by Crippen LogP contribution is -2.34. The standard InChI is InChI=1S/C13H23BrO/c1-10(2)5-6-13(9-14)7-8-15-12(13)11-3-4-11/h10-12H,3-9H2,1-2H3. The van der Waals surface area contributed by atoms with Crippen LogP contribution in [0, 0.1) is 17.3 Å². The zero-order chi connectivity index (χ0) is 10.9. The van der Waals surface area contributed by atoms with Crippen LogP contribution in [-0.2, 0) is 4.74 Å². The monoisotopic (exact) mass is 274 g/mol. The Labute approximate surface area is 102 Å². The van der Waals surface area contributed by atoms with Crippen LogP contribution >= 0.6 is 15.9 Å². The molecule has 0 spiro atoms. The highest BCUT2D eigenvalue weighted by Gasteiger charge is 2.49. The predicted molar refractivity (Wildman–Crippen MR) is 67.4 cm³/mol. The second-order valence-corrected chi connectivity index (χ2v) is 6.37. The molecule has 2 unspecified atom stereocenters. The van der Waals surface area contributed by atoms with E-state index in [1.54, 1.807) is 0 Å². The fraction of sp³-hybridized carbons (Fsp3) is 1.00. The van der Waals surface area contributed by atoms with Crippen molar-refractivity contribution in [3.63, 3.8) is 0 Å². The first-order valence-corrected chi connectivity index (χ1v) is 7.48. The van der Waals surface area contributed by atoms with Gasteiger partial charge in [-0.3, -0.25) is 0 Å². The van der Waals surface area contributed by atoms with Crippen LogP contribution in [-0.4, -0.2) is 18.0 Å². The van der Waals surface area contributed by atoms with Gasteiger partial charge in [0, 0.05) is 17.4 Å². The van der Waals surface area contributed by atoms with Crippen molar-refractivity contribution in [1.82, 2.24) is 0 Å². The van der Waals surface area contributed by atoms with Crippen molar-refractivity contribution < 1.29 is 4.74 Å². The summed E-state index contributed by atoms with van der Waals surface area (Å²) in [5.74, 6) is 1.71. The maximum Gasteiger partial charge on any atom is 0.0668 e. The second kappa shape index (κ2) is 4.75. The van der Waals surface area contributed by atoms with Gasteiger partial charge in [0.1, 0.15) is 0 Å². The average Bonchev–Trinajstić information content (AvgIpc) is 2.97. The van der Waals surface area contributed by atoms with E-state index in [0.717, 1.165) is 23.8 Å². The summed E-state index contributed by atoms with van der Waals surface area (Å²) < 4.78 is 5.99. The molecule has 0 aromatic carbocycles. The van der Waals surface area contributed by atoms with Crippen molar-refractivity contribution >= 4 is 15.9 Å². The summed E-state index contributed by atoms with van der Waals surface area (Å²) in [6.07, 6.45) is 7.33. The summed E-state index contributed by atoms with van der Waals surface area (Å²) in [5, 5.41) is 1.13. The van der Waals surface area contributed by atoms with E-state index >= 15 is 0 Å². The molecular formula is C13H23BrO. The van der Waals surface area contributed by atoms with Gasteiger partial charge in [-0.15, -0.1) is 0 Å². The van der Waals surface area contributed by atoms with Crippen molar-refractivity contribution in [2.45, 2.75) is 52.1 Å². The molecule has 1 aliphatic heterocycles. The van der Waals surface area contributed by atoms with E-state index in [0.29, 0.717) is 11.5 Å². The minimum Gasteiger partial charge on any atom is -0.377 e. The first kappa shape index (κ1) is 11.9. The van der Waals surface area contributed by atoms with Crippen molar-refractivity contribution in [2.24, 2.45) is 17.3 Å². The summed E-state index contributed by atoms with van der Waals surface area (Å²) in [6.45, 7) is 5.64. The minimum atomic E-state index is 0.464. The number of ether oxygens (including phenoxy) is 1. The quantitative estimate of drug-likeness (QED) is 0.689. The Balaban J connectivity index is 1.98. The summed E-state index contributed by atoms with van der Waals surface area (Å²) in [6, 6.07) is 0. The molecular weight excluding hydrogens is 252 g/mol. The van der Waals surface area contributed by atoms with Crippen LogP contribution in [0.2, 0.25) is 0 Å². The predicted octanol–water partition coefficient (Wildman–Crippen LogP) is 4.00. The highest BCUT2D eigenvalue weighted by molar-refractivity contribution is 9.09. The lowest BCUT2D eigenvalue weighted by molar-refractivity contribution is 0.0355. The van der Waals surface area contributed by atoms with Gasteiger partial charge in [0.2, 0.25) is 0 Å². The van der Waals surface area contributed by atoms with Crippen molar-refractivity contribution in [3.05, 3.63) is 0 Å². The molecule has 2 atom stereocenters. The fourth-order valence-corrected chi connectivity index (χ4v) is 3.68. The van der Waals surface area contributed by atoms with Gasteiger partial charge in [-0.1, -0.05) is 36.2 Å². The minimum absolute atomic E-state index is 0.464. The summed E-state index contributed by atoms with van der Waals surface area (Å²) in [5.41, 5.74) is 0.464. The van der Waals surface area contributed by atoms with Gasteiger partial charge in [0.05, 0.1) is 6.10 Å². The van der Waals surface area contributed by atoms with E-state index in [4.69, 9.17) is 4.74 Å². The number of halogens is 1. The van der Waals surface area contributed by atoms with Crippen LogP contribution in [0.15, 0.2) is 0 Å². The molecule has 1 aliphatic carbocycles. The fourth-order valence-electron chi connectivity index (χ4n) is 2.80. The molecule has 1 nitrogen and oxygen atoms in total. The van der Waals surface area contributed by atoms with Gasteiger partial charge in [-0.25, -0.2) is 0 Å². The van der Waals surface area contributed by atoms with Gasteiger partial charge >= 0.3 is 0 Å². The SMILES string of the molecule is CC(C)CCC1(CBr)CCOC1C1CC1. The van der Waals surface area contributed by atoms with Gasteiger partial charge in [0.25, 0.3) is 0 Å². The van der Waals surface area contributed by atoms with Gasteiger partial charge in [-0.2, -0.15) is 0 Å². The zero-order valence-corrected chi connectivity index (χ0v) is 11.6. The average molecular weight is 275 g/mol. The molecule has 0 aromatic rings. The Morgan fingerprint density at radius 3 is 2.67 bits per heavy atom. The molecule has 88 valence electrons. The smallest absolute Gasteiger partial charge is 0.0668 e. The van der Waals surface area contributed by atoms with E-state index in [2.05, 4.69) is 29.8 Å². The number of rotatable bonds is 5. The lowest BCUT2D eigenvalue weighted by atomic mass is 9.76. The highest BCUT2D eigenvalue weighted by Crippen LogP contribution is 2.51. The molecule has 15 heavy (non-hydrogen) atoms. The Bertz CT molecular complexity index is 213. The van der Waals surface area contributed by atoms with Crippen LogP contribution in [0.25, 0.3) is 0 Å². The topological polar surface area (TPSA) is 9.23 Å². The van der Waals surface area contributed by atoms with Crippen LogP contribution in [0.1, 0.15) is 46.0 Å². The first-order valence-electron chi connectivity index (χ1n) is 6.35. The molecule has 0 radical (unpaired) electrons. The molecule has 1 saturated carbocycles. The maximum atomic E-state index is 5.99. The number of hydrogen-bond acceptors (Lipinski definition) is 1. The van der Waals surface area contributed by atoms with Crippen LogP contribution in [0.3, 0.4) is 0 Å². The molecule has 2 heteroatoms. The van der Waals surface area contributed by atoms with Gasteiger partial charge in [0.15, 0.2) is 0 Å². The molecule has 0 bridgehead atoms. The Kier molecular flexibility index (Phi) is 3.77. The largest absolute Gasteiger partial charge is 0.377 e. The molecule has 0 amide bonds. The van der Waals surface area contributed by atoms with Gasteiger partial charge < -0.3 is 4.74 Å². The van der Waals surface area contributed by atoms with Crippen molar-refractivity contribution in [1.29, 1.82) is 0 Å². The first-order chi connectivity index (χ1) is 7.18. The highest BCUT2D eigenvalue weighted by atomic mass is 79.9. The molecule has 2 fully saturated rings. The third kappa shape index (κ3) is 2.58. The van der Waals surface area contributed by atoms with E-state index in [1.165, 1.54) is 32.1 Å². The van der Waals surface area contributed by atoms with Crippen LogP contribution < -0.4 is 0 Å². The van der Waals surface area contributed by atoms with Crippen LogP contribution in [0.5, 0.6) is 0 Å². The van der Waals surface area contributed by atoms with E-state index < -0.39 is 0 Å². The van der Waals surface area contributed by atoms with Crippen LogP contribution in [0.4, 0.5) is 0 Å². The summed E-state index contributed by atoms with van der Waals surface area (Å²) >= 11 is 3.74. The molecule has 1 saturated heterocycles. The summed E-state index contributed by atoms with van der Waals surface area (Å²) in [7, 11) is 0. The molecule has 2 rings (SSSR count). The van der Waals surface area contributed by atoms with Gasteiger partial charge in [-0.05, 0) is 37.5 Å². The molecule has 0 N–H and O–H groups in total. The van der Waals surface area contributed by atoms with Crippen molar-refractivity contribution in [3.8, 4) is 0 Å². The van der Waals surface area contributed by atoms with E-state index in [9.17, 15) is 0 Å². The van der Waals surface area contributed by atoms with E-state index in [-0.39, 0.29) is 0 Å². The number of alkyl halides is 1. The Hall–Kier alpha value is 0.440. The third-order valence-electron chi connectivity index (χ3n) is 4.04. The Morgan fingerprint density at radius 2 is 2.13 bits per heavy atom. The third-order valence-corrected chi connectivity index (χ3v) is 5.15. The maximum absolute atomic E-state index is 5.99. The lowest BCUT2D eigenvalue weighted by Gasteiger charge is -2.33.